The maximum atomic E-state index is 11.9. The normalized spacial score (nSPS) is 13.0. The average Bonchev–Trinajstić information content (AvgIpc) is 2.70. The Balaban J connectivity index is 3.04. The van der Waals surface area contributed by atoms with Crippen LogP contribution in [0.25, 0.3) is 0 Å². The number of likely N-dealkylation sites (N-methyl/N-ethyl adjacent to an activating group) is 1. The first kappa shape index (κ1) is 15.8. The van der Waals surface area contributed by atoms with Crippen molar-refractivity contribution >= 4 is 44.6 Å². The van der Waals surface area contributed by atoms with E-state index >= 15 is 0 Å². The highest BCUT2D eigenvalue weighted by molar-refractivity contribution is 7.91. The third kappa shape index (κ3) is 3.62. The molecule has 0 bridgehead atoms. The van der Waals surface area contributed by atoms with Gasteiger partial charge in [0.1, 0.15) is 4.21 Å². The molecule has 8 nitrogen and oxygen atoms in total. The first-order valence-corrected chi connectivity index (χ1v) is 7.54. The molecule has 106 valence electrons. The van der Waals surface area contributed by atoms with E-state index in [9.17, 15) is 23.3 Å². The van der Waals surface area contributed by atoms with E-state index < -0.39 is 32.6 Å². The number of carbonyl (C=O) groups is 1. The standard InChI is InChI=1S/C8H10ClN3O5S2/c1-4(8(13)10-2)11-19(16,17)6-3-5(12(14)15)7(9)18-6/h3-4,11H,1-2H3,(H,10,13). The Morgan fingerprint density at radius 1 is 1.58 bits per heavy atom. The van der Waals surface area contributed by atoms with Gasteiger partial charge in [-0.3, -0.25) is 14.9 Å². The molecule has 2 N–H and O–H groups in total. The molecule has 1 aromatic rings. The zero-order chi connectivity index (χ0) is 14.8. The Hall–Kier alpha value is -1.23. The number of nitrogens with one attached hydrogen (secondary N) is 2. The molecule has 1 rings (SSSR count). The molecule has 0 aliphatic carbocycles. The van der Waals surface area contributed by atoms with Crippen LogP contribution in [0.3, 0.4) is 0 Å². The highest BCUT2D eigenvalue weighted by Gasteiger charge is 2.27. The molecule has 1 aromatic heterocycles. The van der Waals surface area contributed by atoms with Crippen molar-refractivity contribution in [2.45, 2.75) is 17.2 Å². The van der Waals surface area contributed by atoms with Gasteiger partial charge in [-0.15, -0.1) is 11.3 Å². The van der Waals surface area contributed by atoms with Crippen molar-refractivity contribution in [3.63, 3.8) is 0 Å². The first-order valence-electron chi connectivity index (χ1n) is 4.86. The first-order chi connectivity index (χ1) is 8.69. The van der Waals surface area contributed by atoms with Crippen molar-refractivity contribution in [3.8, 4) is 0 Å². The Bertz CT molecular complexity index is 612. The van der Waals surface area contributed by atoms with Crippen molar-refractivity contribution in [3.05, 3.63) is 20.5 Å². The van der Waals surface area contributed by atoms with Crippen LogP contribution in [0.1, 0.15) is 6.92 Å². The molecule has 1 atom stereocenters. The molecule has 19 heavy (non-hydrogen) atoms. The van der Waals surface area contributed by atoms with E-state index in [0.29, 0.717) is 11.3 Å². The minimum atomic E-state index is -4.03. The molecule has 0 aliphatic heterocycles. The van der Waals surface area contributed by atoms with E-state index in [1.54, 1.807) is 0 Å². The topological polar surface area (TPSA) is 118 Å². The molecular formula is C8H10ClN3O5S2. The third-order valence-corrected chi connectivity index (χ3v) is 5.43. The van der Waals surface area contributed by atoms with E-state index in [4.69, 9.17) is 11.6 Å². The summed E-state index contributed by atoms with van der Waals surface area (Å²) in [6.45, 7) is 1.35. The highest BCUT2D eigenvalue weighted by atomic mass is 35.5. The second-order valence-electron chi connectivity index (χ2n) is 3.44. The van der Waals surface area contributed by atoms with Crippen molar-refractivity contribution in [2.24, 2.45) is 0 Å². The Kier molecular flexibility index (Phi) is 4.85. The molecule has 11 heteroatoms. The summed E-state index contributed by atoms with van der Waals surface area (Å²) >= 11 is 6.13. The van der Waals surface area contributed by atoms with E-state index in [2.05, 4.69) is 10.0 Å². The lowest BCUT2D eigenvalue weighted by Gasteiger charge is -2.11. The van der Waals surface area contributed by atoms with Crippen LogP contribution in [0.15, 0.2) is 10.3 Å². The SMILES string of the molecule is CNC(=O)C(C)NS(=O)(=O)c1cc([N+](=O)[O-])c(Cl)s1. The van der Waals surface area contributed by atoms with Gasteiger partial charge in [-0.1, -0.05) is 11.6 Å². The maximum absolute atomic E-state index is 11.9. The minimum Gasteiger partial charge on any atom is -0.358 e. The van der Waals surface area contributed by atoms with Gasteiger partial charge < -0.3 is 5.32 Å². The average molecular weight is 328 g/mol. The van der Waals surface area contributed by atoms with Gasteiger partial charge in [-0.05, 0) is 6.92 Å². The molecule has 0 saturated carbocycles. The van der Waals surface area contributed by atoms with Crippen LogP contribution in [0.2, 0.25) is 4.34 Å². The fourth-order valence-electron chi connectivity index (χ4n) is 1.16. The monoisotopic (exact) mass is 327 g/mol. The second-order valence-corrected chi connectivity index (χ2v) is 7.03. The number of nitro groups is 1. The molecule has 0 spiro atoms. The molecule has 0 aliphatic rings. The summed E-state index contributed by atoms with van der Waals surface area (Å²) in [6, 6.07) is -0.152. The van der Waals surface area contributed by atoms with Gasteiger partial charge in [-0.25, -0.2) is 8.42 Å². The highest BCUT2D eigenvalue weighted by Crippen LogP contribution is 2.36. The Morgan fingerprint density at radius 2 is 2.16 bits per heavy atom. The molecule has 1 unspecified atom stereocenters. The molecule has 0 fully saturated rings. The van der Waals surface area contributed by atoms with Crippen LogP contribution in [-0.4, -0.2) is 32.3 Å². The van der Waals surface area contributed by atoms with Crippen LogP contribution >= 0.6 is 22.9 Å². The number of rotatable bonds is 5. The summed E-state index contributed by atoms with van der Waals surface area (Å²) in [4.78, 5) is 21.0. The van der Waals surface area contributed by atoms with Gasteiger partial charge in [0.25, 0.3) is 15.7 Å². The lowest BCUT2D eigenvalue weighted by molar-refractivity contribution is -0.384. The number of amides is 1. The molecular weight excluding hydrogens is 318 g/mol. The summed E-state index contributed by atoms with van der Waals surface area (Å²) < 4.78 is 25.3. The van der Waals surface area contributed by atoms with Crippen LogP contribution in [0.4, 0.5) is 5.69 Å². The molecule has 1 amide bonds. The van der Waals surface area contributed by atoms with Crippen molar-refractivity contribution in [2.75, 3.05) is 7.05 Å². The number of hydrogen-bond acceptors (Lipinski definition) is 6. The van der Waals surface area contributed by atoms with Crippen LogP contribution in [0, 0.1) is 10.1 Å². The zero-order valence-corrected chi connectivity index (χ0v) is 12.2. The summed E-state index contributed by atoms with van der Waals surface area (Å²) in [7, 11) is -2.67. The van der Waals surface area contributed by atoms with Gasteiger partial charge in [0, 0.05) is 13.1 Å². The van der Waals surface area contributed by atoms with Crippen molar-refractivity contribution < 1.29 is 18.1 Å². The van der Waals surface area contributed by atoms with Crippen molar-refractivity contribution in [1.29, 1.82) is 0 Å². The summed E-state index contributed by atoms with van der Waals surface area (Å²) in [6.07, 6.45) is 0. The van der Waals surface area contributed by atoms with Crippen LogP contribution in [-0.2, 0) is 14.8 Å². The summed E-state index contributed by atoms with van der Waals surface area (Å²) in [5, 5.41) is 12.9. The van der Waals surface area contributed by atoms with E-state index in [-0.39, 0.29) is 8.55 Å². The predicted octanol–water partition coefficient (Wildman–Crippen LogP) is 0.723. The molecule has 0 aromatic carbocycles. The maximum Gasteiger partial charge on any atom is 0.300 e. The largest absolute Gasteiger partial charge is 0.358 e. The van der Waals surface area contributed by atoms with Crippen molar-refractivity contribution in [1.82, 2.24) is 10.0 Å². The fourth-order valence-corrected chi connectivity index (χ4v) is 4.04. The minimum absolute atomic E-state index is 0.238. The number of carbonyl (C=O) groups excluding carboxylic acids is 1. The van der Waals surface area contributed by atoms with Gasteiger partial charge >= 0.3 is 0 Å². The summed E-state index contributed by atoms with van der Waals surface area (Å²) in [5.41, 5.74) is -0.486. The van der Waals surface area contributed by atoms with Gasteiger partial charge in [0.15, 0.2) is 4.34 Å². The van der Waals surface area contributed by atoms with Gasteiger partial charge in [0.05, 0.1) is 11.0 Å². The number of hydrogen-bond donors (Lipinski definition) is 2. The Labute approximate surface area is 118 Å². The van der Waals surface area contributed by atoms with E-state index in [1.165, 1.54) is 14.0 Å². The number of sulfonamides is 1. The van der Waals surface area contributed by atoms with Crippen LogP contribution < -0.4 is 10.0 Å². The molecule has 0 saturated heterocycles. The number of halogens is 1. The molecule has 1 heterocycles. The zero-order valence-electron chi connectivity index (χ0n) is 9.84. The number of thiophene rings is 1. The predicted molar refractivity (Wildman–Crippen MR) is 69.8 cm³/mol. The second kappa shape index (κ2) is 5.82. The Morgan fingerprint density at radius 3 is 2.58 bits per heavy atom. The van der Waals surface area contributed by atoms with Crippen LogP contribution in [0.5, 0.6) is 0 Å². The third-order valence-electron chi connectivity index (χ3n) is 2.08. The quantitative estimate of drug-likeness (QED) is 0.610. The smallest absolute Gasteiger partial charge is 0.300 e. The lowest BCUT2D eigenvalue weighted by Crippen LogP contribution is -2.43. The van der Waals surface area contributed by atoms with E-state index in [0.717, 1.165) is 6.07 Å². The molecule has 0 radical (unpaired) electrons. The van der Waals surface area contributed by atoms with Gasteiger partial charge in [-0.2, -0.15) is 4.72 Å². The van der Waals surface area contributed by atoms with E-state index in [1.807, 2.05) is 0 Å². The fraction of sp³-hybridized carbons (Fsp3) is 0.375. The summed E-state index contributed by atoms with van der Waals surface area (Å²) in [5.74, 6) is -0.527. The van der Waals surface area contributed by atoms with Gasteiger partial charge in [0.2, 0.25) is 5.91 Å². The number of nitrogens with zero attached hydrogens (tertiary/aromatic N) is 1. The lowest BCUT2D eigenvalue weighted by atomic mass is 10.3.